The predicted octanol–water partition coefficient (Wildman–Crippen LogP) is 4.08. The van der Waals surface area contributed by atoms with Crippen molar-refractivity contribution in [3.8, 4) is 0 Å². The minimum Gasteiger partial charge on any atom is -0.375 e. The molecule has 0 radical (unpaired) electrons. The van der Waals surface area contributed by atoms with Crippen molar-refractivity contribution in [1.82, 2.24) is 0 Å². The third-order valence-electron chi connectivity index (χ3n) is 3.02. The first kappa shape index (κ1) is 11.8. The average Bonchev–Trinajstić information content (AvgIpc) is 2.20. The highest BCUT2D eigenvalue weighted by Gasteiger charge is 2.26. The molecule has 1 rings (SSSR count). The van der Waals surface area contributed by atoms with Crippen LogP contribution in [-0.4, -0.2) is 12.2 Å². The molecule has 0 aromatic carbocycles. The van der Waals surface area contributed by atoms with Crippen LogP contribution >= 0.6 is 0 Å². The van der Waals surface area contributed by atoms with E-state index in [0.717, 1.165) is 19.4 Å². The lowest BCUT2D eigenvalue weighted by molar-refractivity contribution is -0.0382. The highest BCUT2D eigenvalue weighted by Crippen LogP contribution is 2.32. The van der Waals surface area contributed by atoms with Crippen molar-refractivity contribution in [2.45, 2.75) is 64.9 Å². The van der Waals surface area contributed by atoms with Gasteiger partial charge in [0.15, 0.2) is 0 Å². The van der Waals surface area contributed by atoms with Gasteiger partial charge in [-0.25, -0.2) is 0 Å². The van der Waals surface area contributed by atoms with E-state index in [4.69, 9.17) is 4.74 Å². The molecule has 0 saturated heterocycles. The van der Waals surface area contributed by atoms with Crippen LogP contribution in [0, 0.1) is 0 Å². The molecular weight excluding hydrogens is 172 g/mol. The van der Waals surface area contributed by atoms with Crippen molar-refractivity contribution in [2.24, 2.45) is 0 Å². The molecule has 0 spiro atoms. The lowest BCUT2D eigenvalue weighted by Gasteiger charge is -2.33. The molecule has 1 aliphatic rings. The fraction of sp³-hybridized carbons (Fsp3) is 0.846. The quantitative estimate of drug-likeness (QED) is 0.602. The Balaban J connectivity index is 2.39. The molecule has 82 valence electrons. The van der Waals surface area contributed by atoms with Gasteiger partial charge in [0, 0.05) is 6.61 Å². The van der Waals surface area contributed by atoms with E-state index in [1.54, 1.807) is 5.57 Å². The minimum atomic E-state index is 0.132. The normalized spacial score (nSPS) is 27.5. The Morgan fingerprint density at radius 3 is 2.64 bits per heavy atom. The highest BCUT2D eigenvalue weighted by atomic mass is 16.5. The average molecular weight is 196 g/mol. The number of rotatable bonds is 5. The molecule has 1 atom stereocenters. The summed E-state index contributed by atoms with van der Waals surface area (Å²) in [6, 6.07) is 0. The maximum absolute atomic E-state index is 5.90. The van der Waals surface area contributed by atoms with Gasteiger partial charge in [0.2, 0.25) is 0 Å². The Kier molecular flexibility index (Phi) is 4.67. The summed E-state index contributed by atoms with van der Waals surface area (Å²) in [5.74, 6) is 0. The Morgan fingerprint density at radius 2 is 2.14 bits per heavy atom. The SMILES string of the molecule is CCCOC1(C)CC=C(CCC)CC1. The molecule has 14 heavy (non-hydrogen) atoms. The van der Waals surface area contributed by atoms with Gasteiger partial charge in [-0.3, -0.25) is 0 Å². The van der Waals surface area contributed by atoms with Crippen molar-refractivity contribution in [1.29, 1.82) is 0 Å². The van der Waals surface area contributed by atoms with Crippen LogP contribution in [0.1, 0.15) is 59.3 Å². The van der Waals surface area contributed by atoms with E-state index in [2.05, 4.69) is 26.8 Å². The standard InChI is InChI=1S/C13H24O/c1-4-6-12-7-9-13(3,10-8-12)14-11-5-2/h7H,4-6,8-11H2,1-3H3. The zero-order valence-corrected chi connectivity index (χ0v) is 9.94. The van der Waals surface area contributed by atoms with Crippen molar-refractivity contribution < 1.29 is 4.74 Å². The van der Waals surface area contributed by atoms with E-state index in [1.165, 1.54) is 25.7 Å². The number of hydrogen-bond donors (Lipinski definition) is 0. The van der Waals surface area contributed by atoms with Crippen molar-refractivity contribution in [2.75, 3.05) is 6.61 Å². The first-order chi connectivity index (χ1) is 6.70. The van der Waals surface area contributed by atoms with Gasteiger partial charge in [-0.2, -0.15) is 0 Å². The molecule has 0 amide bonds. The fourth-order valence-electron chi connectivity index (χ4n) is 2.02. The topological polar surface area (TPSA) is 9.23 Å². The van der Waals surface area contributed by atoms with Gasteiger partial charge in [0.25, 0.3) is 0 Å². The van der Waals surface area contributed by atoms with Crippen molar-refractivity contribution in [3.63, 3.8) is 0 Å². The van der Waals surface area contributed by atoms with Crippen LogP contribution in [0.5, 0.6) is 0 Å². The first-order valence-corrected chi connectivity index (χ1v) is 6.02. The van der Waals surface area contributed by atoms with E-state index in [9.17, 15) is 0 Å². The van der Waals surface area contributed by atoms with Gasteiger partial charge in [-0.1, -0.05) is 31.9 Å². The zero-order chi connectivity index (χ0) is 10.4. The van der Waals surface area contributed by atoms with Crippen LogP contribution in [0.25, 0.3) is 0 Å². The van der Waals surface area contributed by atoms with E-state index >= 15 is 0 Å². The summed E-state index contributed by atoms with van der Waals surface area (Å²) >= 11 is 0. The summed E-state index contributed by atoms with van der Waals surface area (Å²) < 4.78 is 5.90. The molecule has 1 unspecified atom stereocenters. The van der Waals surface area contributed by atoms with E-state index in [1.807, 2.05) is 0 Å². The summed E-state index contributed by atoms with van der Waals surface area (Å²) in [5, 5.41) is 0. The third kappa shape index (κ3) is 3.45. The molecule has 0 fully saturated rings. The Hall–Kier alpha value is -0.300. The first-order valence-electron chi connectivity index (χ1n) is 6.02. The van der Waals surface area contributed by atoms with Gasteiger partial charge >= 0.3 is 0 Å². The molecule has 0 aliphatic heterocycles. The van der Waals surface area contributed by atoms with Crippen LogP contribution in [0.4, 0.5) is 0 Å². The van der Waals surface area contributed by atoms with Crippen LogP contribution in [-0.2, 0) is 4.74 Å². The zero-order valence-electron chi connectivity index (χ0n) is 9.94. The number of allylic oxidation sites excluding steroid dienone is 1. The van der Waals surface area contributed by atoms with Gasteiger partial charge in [0.05, 0.1) is 5.60 Å². The predicted molar refractivity (Wildman–Crippen MR) is 61.5 cm³/mol. The van der Waals surface area contributed by atoms with Gasteiger partial charge in [-0.05, 0) is 39.0 Å². The molecular formula is C13H24O. The molecule has 1 heteroatoms. The molecule has 0 N–H and O–H groups in total. The largest absolute Gasteiger partial charge is 0.375 e. The van der Waals surface area contributed by atoms with E-state index < -0.39 is 0 Å². The van der Waals surface area contributed by atoms with Crippen LogP contribution in [0.3, 0.4) is 0 Å². The second-order valence-electron chi connectivity index (χ2n) is 4.61. The molecule has 0 saturated carbocycles. The smallest absolute Gasteiger partial charge is 0.0691 e. The number of hydrogen-bond acceptors (Lipinski definition) is 1. The molecule has 1 nitrogen and oxygen atoms in total. The summed E-state index contributed by atoms with van der Waals surface area (Å²) in [4.78, 5) is 0. The molecule has 1 aliphatic carbocycles. The Morgan fingerprint density at radius 1 is 1.36 bits per heavy atom. The van der Waals surface area contributed by atoms with Crippen molar-refractivity contribution in [3.05, 3.63) is 11.6 Å². The number of ether oxygens (including phenoxy) is 1. The maximum Gasteiger partial charge on any atom is 0.0691 e. The fourth-order valence-corrected chi connectivity index (χ4v) is 2.02. The molecule has 0 aromatic rings. The summed E-state index contributed by atoms with van der Waals surface area (Å²) in [7, 11) is 0. The molecule has 0 bridgehead atoms. The molecule has 0 aromatic heterocycles. The van der Waals surface area contributed by atoms with Gasteiger partial charge < -0.3 is 4.74 Å². The Labute approximate surface area is 88.5 Å². The molecule has 0 heterocycles. The summed E-state index contributed by atoms with van der Waals surface area (Å²) in [6.45, 7) is 7.59. The second-order valence-corrected chi connectivity index (χ2v) is 4.61. The van der Waals surface area contributed by atoms with Gasteiger partial charge in [-0.15, -0.1) is 0 Å². The third-order valence-corrected chi connectivity index (χ3v) is 3.02. The second kappa shape index (κ2) is 5.55. The van der Waals surface area contributed by atoms with Crippen LogP contribution in [0.2, 0.25) is 0 Å². The van der Waals surface area contributed by atoms with Gasteiger partial charge in [0.1, 0.15) is 0 Å². The lowest BCUT2D eigenvalue weighted by atomic mass is 9.85. The minimum absolute atomic E-state index is 0.132. The highest BCUT2D eigenvalue weighted by molar-refractivity contribution is 5.09. The summed E-state index contributed by atoms with van der Waals surface area (Å²) in [6.07, 6.45) is 9.65. The monoisotopic (exact) mass is 196 g/mol. The van der Waals surface area contributed by atoms with E-state index in [-0.39, 0.29) is 5.60 Å². The van der Waals surface area contributed by atoms with Crippen molar-refractivity contribution >= 4 is 0 Å². The maximum atomic E-state index is 5.90. The Bertz CT molecular complexity index is 195. The van der Waals surface area contributed by atoms with Crippen LogP contribution in [0.15, 0.2) is 11.6 Å². The van der Waals surface area contributed by atoms with E-state index in [0.29, 0.717) is 0 Å². The lowest BCUT2D eigenvalue weighted by Crippen LogP contribution is -2.30. The van der Waals surface area contributed by atoms with Crippen LogP contribution < -0.4 is 0 Å². The summed E-state index contributed by atoms with van der Waals surface area (Å²) in [5.41, 5.74) is 1.78.